The van der Waals surface area contributed by atoms with Gasteiger partial charge in [0.15, 0.2) is 5.82 Å². The third kappa shape index (κ3) is 2.76. The zero-order chi connectivity index (χ0) is 18.4. The first-order valence-corrected chi connectivity index (χ1v) is 9.22. The van der Waals surface area contributed by atoms with Gasteiger partial charge in [-0.1, -0.05) is 5.16 Å². The van der Waals surface area contributed by atoms with Crippen LogP contribution in [0.25, 0.3) is 17.1 Å². The second kappa shape index (κ2) is 6.21. The lowest BCUT2D eigenvalue weighted by atomic mass is 10.2. The first kappa shape index (κ1) is 16.7. The number of hydrogen-bond donors (Lipinski definition) is 0. The zero-order valence-electron chi connectivity index (χ0n) is 14.8. The van der Waals surface area contributed by atoms with E-state index in [4.69, 9.17) is 4.52 Å². The van der Waals surface area contributed by atoms with E-state index in [2.05, 4.69) is 16.2 Å². The molecule has 0 saturated carbocycles. The predicted molar refractivity (Wildman–Crippen MR) is 95.9 cm³/mol. The molecule has 4 rings (SSSR count). The van der Waals surface area contributed by atoms with E-state index in [1.807, 2.05) is 36.8 Å². The van der Waals surface area contributed by atoms with Crippen LogP contribution in [0.4, 0.5) is 0 Å². The molecule has 1 fully saturated rings. The highest BCUT2D eigenvalue weighted by atomic mass is 32.1. The number of carbonyl (C=O) groups excluding carboxylic acids is 2. The fraction of sp³-hybridized carbons (Fsp3) is 0.333. The van der Waals surface area contributed by atoms with Gasteiger partial charge in [0.05, 0.1) is 12.2 Å². The van der Waals surface area contributed by atoms with Crippen molar-refractivity contribution in [1.82, 2.24) is 19.6 Å². The largest absolute Gasteiger partial charge is 0.360 e. The summed E-state index contributed by atoms with van der Waals surface area (Å²) in [6, 6.07) is 3.95. The molecule has 3 aromatic rings. The fourth-order valence-corrected chi connectivity index (χ4v) is 4.06. The number of thiazole rings is 1. The van der Waals surface area contributed by atoms with Crippen LogP contribution in [0.3, 0.4) is 0 Å². The normalized spacial score (nSPS) is 14.7. The number of likely N-dealkylation sites (tertiary alicyclic amines) is 1. The molecule has 7 nitrogen and oxygen atoms in total. The Morgan fingerprint density at radius 3 is 2.54 bits per heavy atom. The Morgan fingerprint density at radius 1 is 1.15 bits per heavy atom. The van der Waals surface area contributed by atoms with Gasteiger partial charge >= 0.3 is 0 Å². The van der Waals surface area contributed by atoms with Crippen molar-refractivity contribution in [3.05, 3.63) is 39.7 Å². The number of imide groups is 1. The van der Waals surface area contributed by atoms with Gasteiger partial charge in [0.2, 0.25) is 11.8 Å². The van der Waals surface area contributed by atoms with Crippen LogP contribution in [0.2, 0.25) is 0 Å². The van der Waals surface area contributed by atoms with E-state index in [0.717, 1.165) is 39.2 Å². The van der Waals surface area contributed by atoms with Crippen molar-refractivity contribution < 1.29 is 14.1 Å². The van der Waals surface area contributed by atoms with E-state index in [9.17, 15) is 9.59 Å². The molecular weight excluding hydrogens is 352 g/mol. The summed E-state index contributed by atoms with van der Waals surface area (Å²) in [4.78, 5) is 29.5. The second-order valence-corrected chi connectivity index (χ2v) is 7.36. The molecule has 0 unspecified atom stereocenters. The van der Waals surface area contributed by atoms with Crippen molar-refractivity contribution >= 4 is 23.2 Å². The quantitative estimate of drug-likeness (QED) is 0.659. The molecule has 8 heteroatoms. The van der Waals surface area contributed by atoms with Gasteiger partial charge in [-0.3, -0.25) is 19.1 Å². The Balaban J connectivity index is 1.64. The van der Waals surface area contributed by atoms with Gasteiger partial charge in [-0.15, -0.1) is 11.3 Å². The highest BCUT2D eigenvalue weighted by Crippen LogP contribution is 2.31. The first-order valence-electron chi connectivity index (χ1n) is 8.34. The van der Waals surface area contributed by atoms with E-state index in [1.54, 1.807) is 0 Å². The maximum absolute atomic E-state index is 11.8. The van der Waals surface area contributed by atoms with Crippen molar-refractivity contribution in [2.24, 2.45) is 0 Å². The van der Waals surface area contributed by atoms with Crippen molar-refractivity contribution in [2.45, 2.75) is 40.2 Å². The monoisotopic (exact) mass is 370 g/mol. The van der Waals surface area contributed by atoms with Crippen LogP contribution < -0.4 is 0 Å². The van der Waals surface area contributed by atoms with Crippen LogP contribution in [0.15, 0.2) is 22.0 Å². The van der Waals surface area contributed by atoms with Crippen LogP contribution in [-0.2, 0) is 16.1 Å². The lowest BCUT2D eigenvalue weighted by Gasteiger charge is -2.10. The Hall–Kier alpha value is -2.74. The maximum atomic E-state index is 11.8. The second-order valence-electron chi connectivity index (χ2n) is 6.42. The molecule has 0 bridgehead atoms. The minimum absolute atomic E-state index is 0.119. The maximum Gasteiger partial charge on any atom is 0.230 e. The summed E-state index contributed by atoms with van der Waals surface area (Å²) in [6.45, 7) is 6.14. The number of hydrogen-bond acceptors (Lipinski definition) is 6. The number of aryl methyl sites for hydroxylation is 2. The highest BCUT2D eigenvalue weighted by Gasteiger charge is 2.29. The molecule has 0 N–H and O–H groups in total. The number of amides is 2. The summed E-state index contributed by atoms with van der Waals surface area (Å²) in [6.07, 6.45) is 0.602. The van der Waals surface area contributed by atoms with Gasteiger partial charge in [-0.05, 0) is 26.8 Å². The summed E-state index contributed by atoms with van der Waals surface area (Å²) in [7, 11) is 0. The molecule has 0 radical (unpaired) electrons. The molecule has 3 aromatic heterocycles. The first-order chi connectivity index (χ1) is 12.4. The van der Waals surface area contributed by atoms with Crippen LogP contribution in [0.1, 0.15) is 35.0 Å². The molecular formula is C18H18N4O3S. The van der Waals surface area contributed by atoms with Gasteiger partial charge in [-0.25, -0.2) is 4.98 Å². The van der Waals surface area contributed by atoms with Crippen molar-refractivity contribution in [1.29, 1.82) is 0 Å². The Bertz CT molecular complexity index is 998. The van der Waals surface area contributed by atoms with Crippen molar-refractivity contribution in [2.75, 3.05) is 0 Å². The summed E-state index contributed by atoms with van der Waals surface area (Å²) in [5.41, 5.74) is 3.89. The molecule has 134 valence electrons. The lowest BCUT2D eigenvalue weighted by Crippen LogP contribution is -2.28. The smallest absolute Gasteiger partial charge is 0.230 e. The molecule has 0 atom stereocenters. The molecule has 0 aliphatic carbocycles. The standard InChI is InChI=1S/C18H18N4O3S/c1-10-6-13(12(3)22(10)15-7-11(2)25-20-15)14-9-26-16(19-14)8-21-17(23)4-5-18(21)24/h6-7,9H,4-5,8H2,1-3H3. The average molecular weight is 370 g/mol. The third-order valence-electron chi connectivity index (χ3n) is 4.55. The zero-order valence-corrected chi connectivity index (χ0v) is 15.6. The van der Waals surface area contributed by atoms with Gasteiger partial charge in [0.25, 0.3) is 0 Å². The van der Waals surface area contributed by atoms with Gasteiger partial charge in [-0.2, -0.15) is 0 Å². The predicted octanol–water partition coefficient (Wildman–Crippen LogP) is 3.16. The Labute approximate surface area is 154 Å². The number of nitrogens with zero attached hydrogens (tertiary/aromatic N) is 4. The molecule has 1 aliphatic rings. The van der Waals surface area contributed by atoms with Gasteiger partial charge in [0.1, 0.15) is 10.8 Å². The average Bonchev–Trinajstić information content (AvgIpc) is 3.34. The number of aromatic nitrogens is 3. The molecule has 0 aromatic carbocycles. The van der Waals surface area contributed by atoms with E-state index in [-0.39, 0.29) is 18.4 Å². The van der Waals surface area contributed by atoms with Gasteiger partial charge < -0.3 is 4.52 Å². The SMILES string of the molecule is Cc1cc(-n2c(C)cc(-c3csc(CN4C(=O)CCC4=O)n3)c2C)no1. The van der Waals surface area contributed by atoms with Crippen LogP contribution in [-0.4, -0.2) is 31.4 Å². The fourth-order valence-electron chi connectivity index (χ4n) is 3.28. The van der Waals surface area contributed by atoms with E-state index >= 15 is 0 Å². The highest BCUT2D eigenvalue weighted by molar-refractivity contribution is 7.09. The molecule has 26 heavy (non-hydrogen) atoms. The van der Waals surface area contributed by atoms with Crippen LogP contribution in [0, 0.1) is 20.8 Å². The summed E-state index contributed by atoms with van der Waals surface area (Å²) in [5, 5.41) is 6.81. The van der Waals surface area contributed by atoms with E-state index in [1.165, 1.54) is 16.2 Å². The van der Waals surface area contributed by atoms with E-state index < -0.39 is 0 Å². The lowest BCUT2D eigenvalue weighted by molar-refractivity contribution is -0.139. The van der Waals surface area contributed by atoms with Crippen LogP contribution >= 0.6 is 11.3 Å². The minimum Gasteiger partial charge on any atom is -0.360 e. The number of rotatable bonds is 4. The minimum atomic E-state index is -0.119. The third-order valence-corrected chi connectivity index (χ3v) is 5.39. The van der Waals surface area contributed by atoms with E-state index in [0.29, 0.717) is 12.8 Å². The summed E-state index contributed by atoms with van der Waals surface area (Å²) < 4.78 is 7.21. The molecule has 4 heterocycles. The molecule has 1 aliphatic heterocycles. The van der Waals surface area contributed by atoms with Crippen molar-refractivity contribution in [3.8, 4) is 17.1 Å². The summed E-state index contributed by atoms with van der Waals surface area (Å²) in [5.74, 6) is 1.26. The molecule has 0 spiro atoms. The van der Waals surface area contributed by atoms with Crippen molar-refractivity contribution in [3.63, 3.8) is 0 Å². The van der Waals surface area contributed by atoms with Crippen LogP contribution in [0.5, 0.6) is 0 Å². The Kier molecular flexibility index (Phi) is 3.99. The van der Waals surface area contributed by atoms with Gasteiger partial charge in [0, 0.05) is 41.2 Å². The molecule has 2 amide bonds. The topological polar surface area (TPSA) is 81.2 Å². The summed E-state index contributed by atoms with van der Waals surface area (Å²) >= 11 is 1.46. The number of carbonyl (C=O) groups is 2. The molecule has 1 saturated heterocycles. The Morgan fingerprint density at radius 2 is 1.88 bits per heavy atom.